The Labute approximate surface area is 187 Å². The summed E-state index contributed by atoms with van der Waals surface area (Å²) in [6.45, 7) is 0. The van der Waals surface area contributed by atoms with Crippen molar-refractivity contribution in [2.75, 3.05) is 18.5 Å². The van der Waals surface area contributed by atoms with Crippen molar-refractivity contribution in [3.05, 3.63) is 87.0 Å². The number of anilines is 1. The Kier molecular flexibility index (Phi) is 7.24. The Hall–Kier alpha value is -4.12. The summed E-state index contributed by atoms with van der Waals surface area (Å²) in [5, 5.41) is 22.5. The third kappa shape index (κ3) is 5.52. The lowest BCUT2D eigenvalue weighted by molar-refractivity contribution is -0.396. The quantitative estimate of drug-likeness (QED) is 0.139. The maximum Gasteiger partial charge on any atom is 0.291 e. The van der Waals surface area contributed by atoms with Crippen LogP contribution in [-0.2, 0) is 0 Å². The molecule has 0 bridgehead atoms. The first-order valence-corrected chi connectivity index (χ1v) is 9.91. The Morgan fingerprint density at radius 1 is 0.875 bits per heavy atom. The van der Waals surface area contributed by atoms with Crippen molar-refractivity contribution >= 4 is 41.0 Å². The Morgan fingerprint density at radius 3 is 2.00 bits per heavy atom. The van der Waals surface area contributed by atoms with Gasteiger partial charge in [-0.3, -0.25) is 24.5 Å². The molecule has 164 valence electrons. The lowest BCUT2D eigenvalue weighted by Crippen LogP contribution is -2.12. The molecule has 0 saturated carbocycles. The van der Waals surface area contributed by atoms with Crippen LogP contribution < -0.4 is 13.8 Å². The van der Waals surface area contributed by atoms with Gasteiger partial charge in [0.1, 0.15) is 22.7 Å². The van der Waals surface area contributed by atoms with Crippen molar-refractivity contribution < 1.29 is 19.3 Å². The molecular weight excluding hydrogens is 436 g/mol. The number of ether oxygens (including phenoxy) is 2. The number of methoxy groups -OCH3 is 2. The van der Waals surface area contributed by atoms with Gasteiger partial charge < -0.3 is 9.47 Å². The zero-order valence-electron chi connectivity index (χ0n) is 17.1. The SMILES string of the molecule is COc1ccc(N=CN(Sc2ccc([N+](=O)[O-])cc2[N+](=O)[O-])c2ccc(OC)cc2)cc1. The summed E-state index contributed by atoms with van der Waals surface area (Å²) in [6, 6.07) is 17.6. The van der Waals surface area contributed by atoms with Gasteiger partial charge in [-0.15, -0.1) is 0 Å². The topological polar surface area (TPSA) is 120 Å². The first kappa shape index (κ1) is 22.6. The number of aliphatic imine (C=N–C) groups is 1. The molecule has 0 radical (unpaired) electrons. The summed E-state index contributed by atoms with van der Waals surface area (Å²) in [6.07, 6.45) is 1.51. The molecule has 0 amide bonds. The van der Waals surface area contributed by atoms with Gasteiger partial charge in [0.05, 0.1) is 41.5 Å². The van der Waals surface area contributed by atoms with Gasteiger partial charge in [-0.1, -0.05) is 0 Å². The van der Waals surface area contributed by atoms with Crippen LogP contribution in [0.3, 0.4) is 0 Å². The second kappa shape index (κ2) is 10.3. The van der Waals surface area contributed by atoms with E-state index in [0.29, 0.717) is 22.9 Å². The molecular formula is C21H18N4O6S. The highest BCUT2D eigenvalue weighted by molar-refractivity contribution is 8.01. The fraction of sp³-hybridized carbons (Fsp3) is 0.0952. The van der Waals surface area contributed by atoms with Crippen LogP contribution in [0.1, 0.15) is 0 Å². The molecule has 3 aromatic rings. The van der Waals surface area contributed by atoms with Crippen molar-refractivity contribution in [1.29, 1.82) is 0 Å². The average Bonchev–Trinajstić information content (AvgIpc) is 2.82. The van der Waals surface area contributed by atoms with Crippen molar-refractivity contribution in [2.24, 2.45) is 4.99 Å². The molecule has 0 unspecified atom stereocenters. The molecule has 0 aromatic heterocycles. The lowest BCUT2D eigenvalue weighted by atomic mass is 10.3. The smallest absolute Gasteiger partial charge is 0.291 e. The normalized spacial score (nSPS) is 10.7. The van der Waals surface area contributed by atoms with Gasteiger partial charge in [-0.2, -0.15) is 0 Å². The maximum atomic E-state index is 11.5. The second-order valence-electron chi connectivity index (χ2n) is 6.22. The van der Waals surface area contributed by atoms with E-state index in [0.717, 1.165) is 18.0 Å². The summed E-state index contributed by atoms with van der Waals surface area (Å²) in [5.41, 5.74) is 0.577. The van der Waals surface area contributed by atoms with Crippen LogP contribution >= 0.6 is 11.9 Å². The number of non-ortho nitro benzene ring substituents is 1. The zero-order valence-corrected chi connectivity index (χ0v) is 17.9. The van der Waals surface area contributed by atoms with E-state index >= 15 is 0 Å². The van der Waals surface area contributed by atoms with Gasteiger partial charge in [-0.25, -0.2) is 4.99 Å². The van der Waals surface area contributed by atoms with Crippen LogP contribution in [0.2, 0.25) is 0 Å². The fourth-order valence-electron chi connectivity index (χ4n) is 2.60. The van der Waals surface area contributed by atoms with Crippen LogP contribution in [0, 0.1) is 20.2 Å². The second-order valence-corrected chi connectivity index (χ2v) is 7.24. The predicted molar refractivity (Wildman–Crippen MR) is 122 cm³/mol. The minimum atomic E-state index is -0.673. The van der Waals surface area contributed by atoms with E-state index in [1.54, 1.807) is 67.1 Å². The zero-order chi connectivity index (χ0) is 23.1. The fourth-order valence-corrected chi connectivity index (χ4v) is 3.49. The summed E-state index contributed by atoms with van der Waals surface area (Å²) >= 11 is 1.01. The van der Waals surface area contributed by atoms with Crippen LogP contribution in [0.4, 0.5) is 22.7 Å². The van der Waals surface area contributed by atoms with Crippen LogP contribution in [0.25, 0.3) is 0 Å². The van der Waals surface area contributed by atoms with Crippen LogP contribution in [-0.4, -0.2) is 30.4 Å². The first-order chi connectivity index (χ1) is 15.4. The molecule has 0 aliphatic carbocycles. The summed E-state index contributed by atoms with van der Waals surface area (Å²) in [4.78, 5) is 25.9. The molecule has 11 heteroatoms. The Morgan fingerprint density at radius 2 is 1.47 bits per heavy atom. The molecule has 0 saturated heterocycles. The van der Waals surface area contributed by atoms with Crippen molar-refractivity contribution in [3.8, 4) is 11.5 Å². The first-order valence-electron chi connectivity index (χ1n) is 9.13. The third-order valence-electron chi connectivity index (χ3n) is 4.26. The summed E-state index contributed by atoms with van der Waals surface area (Å²) < 4.78 is 11.9. The van der Waals surface area contributed by atoms with Gasteiger partial charge in [0.15, 0.2) is 0 Å². The molecule has 10 nitrogen and oxygen atoms in total. The number of hydrogen-bond donors (Lipinski definition) is 0. The third-order valence-corrected chi connectivity index (χ3v) is 5.30. The molecule has 0 spiro atoms. The molecule has 0 fully saturated rings. The highest BCUT2D eigenvalue weighted by Crippen LogP contribution is 2.37. The van der Waals surface area contributed by atoms with Crippen molar-refractivity contribution in [3.63, 3.8) is 0 Å². The molecule has 0 aliphatic heterocycles. The van der Waals surface area contributed by atoms with Gasteiger partial charge >= 0.3 is 0 Å². The van der Waals surface area contributed by atoms with E-state index in [1.165, 1.54) is 18.5 Å². The summed E-state index contributed by atoms with van der Waals surface area (Å²) in [5.74, 6) is 1.33. The van der Waals surface area contributed by atoms with Gasteiger partial charge in [-0.05, 0) is 54.6 Å². The molecule has 32 heavy (non-hydrogen) atoms. The Bertz CT molecular complexity index is 1140. The van der Waals surface area contributed by atoms with E-state index in [4.69, 9.17) is 9.47 Å². The lowest BCUT2D eigenvalue weighted by Gasteiger charge is -2.18. The van der Waals surface area contributed by atoms with E-state index in [-0.39, 0.29) is 16.3 Å². The molecule has 0 heterocycles. The van der Waals surface area contributed by atoms with E-state index in [2.05, 4.69) is 4.99 Å². The highest BCUT2D eigenvalue weighted by Gasteiger charge is 2.22. The van der Waals surface area contributed by atoms with Crippen molar-refractivity contribution in [2.45, 2.75) is 4.90 Å². The molecule has 0 N–H and O–H groups in total. The van der Waals surface area contributed by atoms with E-state index in [1.807, 2.05) is 0 Å². The van der Waals surface area contributed by atoms with Gasteiger partial charge in [0.2, 0.25) is 0 Å². The Balaban J connectivity index is 1.97. The number of rotatable bonds is 9. The number of nitrogens with zero attached hydrogens (tertiary/aromatic N) is 4. The van der Waals surface area contributed by atoms with E-state index in [9.17, 15) is 20.2 Å². The largest absolute Gasteiger partial charge is 0.497 e. The number of hydrogen-bond acceptors (Lipinski definition) is 8. The molecule has 3 aromatic carbocycles. The number of nitro groups is 2. The minimum Gasteiger partial charge on any atom is -0.497 e. The standard InChI is InChI=1S/C21H18N4O6S/c1-30-18-8-3-15(4-9-18)22-14-23(16-5-10-19(31-2)11-6-16)32-21-12-7-17(24(26)27)13-20(21)25(28)29/h3-14H,1-2H3. The monoisotopic (exact) mass is 454 g/mol. The van der Waals surface area contributed by atoms with Gasteiger partial charge in [0.25, 0.3) is 11.4 Å². The van der Waals surface area contributed by atoms with Crippen LogP contribution in [0.5, 0.6) is 11.5 Å². The average molecular weight is 454 g/mol. The number of benzene rings is 3. The molecule has 0 atom stereocenters. The predicted octanol–water partition coefficient (Wildman–Crippen LogP) is 5.39. The van der Waals surface area contributed by atoms with Gasteiger partial charge in [0, 0.05) is 18.0 Å². The van der Waals surface area contributed by atoms with E-state index < -0.39 is 9.85 Å². The molecule has 3 rings (SSSR count). The maximum absolute atomic E-state index is 11.5. The highest BCUT2D eigenvalue weighted by atomic mass is 32.2. The van der Waals surface area contributed by atoms with Crippen molar-refractivity contribution in [1.82, 2.24) is 0 Å². The summed E-state index contributed by atoms with van der Waals surface area (Å²) in [7, 11) is 3.12. The minimum absolute atomic E-state index is 0.220. The molecule has 0 aliphatic rings. The number of nitro benzene ring substituents is 2. The van der Waals surface area contributed by atoms with Crippen LogP contribution in [0.15, 0.2) is 76.6 Å².